The molecule has 106 valence electrons. The van der Waals surface area contributed by atoms with E-state index in [2.05, 4.69) is 30.9 Å². The van der Waals surface area contributed by atoms with Crippen LogP contribution in [0.5, 0.6) is 5.75 Å². The maximum Gasteiger partial charge on any atom is 0.123 e. The predicted molar refractivity (Wildman–Crippen MR) is 79.7 cm³/mol. The number of likely N-dealkylation sites (tertiary alicyclic amines) is 1. The summed E-state index contributed by atoms with van der Waals surface area (Å²) in [6.45, 7) is 7.53. The normalized spacial score (nSPS) is 18.3. The van der Waals surface area contributed by atoms with Crippen LogP contribution >= 0.6 is 0 Å². The van der Waals surface area contributed by atoms with E-state index in [9.17, 15) is 0 Å². The number of piperidine rings is 1. The second-order valence-electron chi connectivity index (χ2n) is 5.65. The molecule has 1 saturated heterocycles. The van der Waals surface area contributed by atoms with E-state index in [0.717, 1.165) is 17.9 Å². The number of ether oxygens (including phenoxy) is 1. The van der Waals surface area contributed by atoms with Gasteiger partial charge in [0.05, 0.1) is 7.11 Å². The molecule has 1 aromatic carbocycles. The van der Waals surface area contributed by atoms with Crippen LogP contribution in [0.3, 0.4) is 0 Å². The fourth-order valence-corrected chi connectivity index (χ4v) is 2.80. The van der Waals surface area contributed by atoms with Crippen molar-refractivity contribution in [3.8, 4) is 5.75 Å². The Hall–Kier alpha value is -1.06. The summed E-state index contributed by atoms with van der Waals surface area (Å²) >= 11 is 0. The molecule has 0 radical (unpaired) electrons. The molecular weight excluding hydrogens is 236 g/mol. The van der Waals surface area contributed by atoms with Crippen molar-refractivity contribution in [2.24, 2.45) is 5.73 Å². The lowest BCUT2D eigenvalue weighted by molar-refractivity contribution is 0.215. The average molecular weight is 262 g/mol. The quantitative estimate of drug-likeness (QED) is 0.907. The number of nitrogens with zero attached hydrogens (tertiary/aromatic N) is 1. The minimum absolute atomic E-state index is 0.0346. The van der Waals surface area contributed by atoms with Gasteiger partial charge in [-0.15, -0.1) is 0 Å². The standard InChI is InChI=1S/C16H26N2O/c1-12-9-14(16(19-3)10-13(12)2)15(17)11-18-7-5-4-6-8-18/h9-10,15H,4-8,11,17H2,1-3H3. The Labute approximate surface area is 116 Å². The summed E-state index contributed by atoms with van der Waals surface area (Å²) in [7, 11) is 1.72. The van der Waals surface area contributed by atoms with Crippen LogP contribution in [-0.4, -0.2) is 31.6 Å². The van der Waals surface area contributed by atoms with Gasteiger partial charge in [0.15, 0.2) is 0 Å². The number of hydrogen-bond donors (Lipinski definition) is 1. The van der Waals surface area contributed by atoms with Gasteiger partial charge in [-0.05, 0) is 57.0 Å². The summed E-state index contributed by atoms with van der Waals surface area (Å²) in [6.07, 6.45) is 3.96. The second-order valence-corrected chi connectivity index (χ2v) is 5.65. The molecule has 3 heteroatoms. The SMILES string of the molecule is COc1cc(C)c(C)cc1C(N)CN1CCCCC1. The zero-order chi connectivity index (χ0) is 13.8. The largest absolute Gasteiger partial charge is 0.496 e. The van der Waals surface area contributed by atoms with Crippen molar-refractivity contribution in [2.75, 3.05) is 26.7 Å². The summed E-state index contributed by atoms with van der Waals surface area (Å²) in [4.78, 5) is 2.47. The monoisotopic (exact) mass is 262 g/mol. The lowest BCUT2D eigenvalue weighted by Gasteiger charge is -2.29. The minimum Gasteiger partial charge on any atom is -0.496 e. The van der Waals surface area contributed by atoms with E-state index < -0.39 is 0 Å². The first-order chi connectivity index (χ1) is 9.11. The molecule has 1 atom stereocenters. The van der Waals surface area contributed by atoms with Gasteiger partial charge < -0.3 is 15.4 Å². The molecule has 1 aliphatic rings. The predicted octanol–water partition coefficient (Wildman–Crippen LogP) is 2.80. The lowest BCUT2D eigenvalue weighted by Crippen LogP contribution is -2.36. The smallest absolute Gasteiger partial charge is 0.123 e. The fraction of sp³-hybridized carbons (Fsp3) is 0.625. The Bertz CT molecular complexity index is 425. The zero-order valence-corrected chi connectivity index (χ0v) is 12.4. The molecule has 0 aliphatic carbocycles. The van der Waals surface area contributed by atoms with E-state index in [0.29, 0.717) is 0 Å². The van der Waals surface area contributed by atoms with E-state index in [4.69, 9.17) is 10.5 Å². The van der Waals surface area contributed by atoms with E-state index in [1.807, 2.05) is 0 Å². The van der Waals surface area contributed by atoms with Crippen molar-refractivity contribution in [1.29, 1.82) is 0 Å². The summed E-state index contributed by atoms with van der Waals surface area (Å²) in [5.74, 6) is 0.924. The number of aryl methyl sites for hydroxylation is 2. The van der Waals surface area contributed by atoms with Gasteiger partial charge in [-0.3, -0.25) is 0 Å². The van der Waals surface area contributed by atoms with Crippen LogP contribution in [0.1, 0.15) is 42.0 Å². The van der Waals surface area contributed by atoms with Crippen molar-refractivity contribution < 1.29 is 4.74 Å². The third-order valence-electron chi connectivity index (χ3n) is 4.15. The molecule has 1 heterocycles. The van der Waals surface area contributed by atoms with Crippen LogP contribution in [0.2, 0.25) is 0 Å². The molecule has 1 unspecified atom stereocenters. The number of methoxy groups -OCH3 is 1. The molecule has 3 nitrogen and oxygen atoms in total. The number of hydrogen-bond acceptors (Lipinski definition) is 3. The number of rotatable bonds is 4. The van der Waals surface area contributed by atoms with Gasteiger partial charge in [0.1, 0.15) is 5.75 Å². The highest BCUT2D eigenvalue weighted by atomic mass is 16.5. The highest BCUT2D eigenvalue weighted by Crippen LogP contribution is 2.28. The van der Waals surface area contributed by atoms with Crippen molar-refractivity contribution in [1.82, 2.24) is 4.90 Å². The topological polar surface area (TPSA) is 38.5 Å². The van der Waals surface area contributed by atoms with E-state index in [1.165, 1.54) is 43.5 Å². The van der Waals surface area contributed by atoms with Crippen molar-refractivity contribution >= 4 is 0 Å². The van der Waals surface area contributed by atoms with Crippen LogP contribution in [0, 0.1) is 13.8 Å². The molecular formula is C16H26N2O. The van der Waals surface area contributed by atoms with Gasteiger partial charge in [-0.25, -0.2) is 0 Å². The Morgan fingerprint density at radius 2 is 1.79 bits per heavy atom. The van der Waals surface area contributed by atoms with Crippen molar-refractivity contribution in [3.63, 3.8) is 0 Å². The van der Waals surface area contributed by atoms with E-state index >= 15 is 0 Å². The molecule has 0 spiro atoms. The zero-order valence-electron chi connectivity index (χ0n) is 12.4. The van der Waals surface area contributed by atoms with Crippen molar-refractivity contribution in [3.05, 3.63) is 28.8 Å². The number of nitrogens with two attached hydrogens (primary N) is 1. The highest BCUT2D eigenvalue weighted by Gasteiger charge is 2.18. The summed E-state index contributed by atoms with van der Waals surface area (Å²) in [6, 6.07) is 4.32. The summed E-state index contributed by atoms with van der Waals surface area (Å²) in [5, 5.41) is 0. The van der Waals surface area contributed by atoms with Crippen LogP contribution in [-0.2, 0) is 0 Å². The van der Waals surface area contributed by atoms with Crippen LogP contribution in [0.25, 0.3) is 0 Å². The molecule has 2 N–H and O–H groups in total. The van der Waals surface area contributed by atoms with Crippen LogP contribution in [0.4, 0.5) is 0 Å². The maximum absolute atomic E-state index is 6.40. The molecule has 1 aromatic rings. The molecule has 0 aromatic heterocycles. The van der Waals surface area contributed by atoms with Gasteiger partial charge in [-0.1, -0.05) is 12.5 Å². The Kier molecular flexibility index (Phi) is 4.83. The first-order valence-electron chi connectivity index (χ1n) is 7.25. The van der Waals surface area contributed by atoms with Gasteiger partial charge in [0, 0.05) is 18.2 Å². The minimum atomic E-state index is 0.0346. The molecule has 1 aliphatic heterocycles. The third-order valence-corrected chi connectivity index (χ3v) is 4.15. The van der Waals surface area contributed by atoms with E-state index in [-0.39, 0.29) is 6.04 Å². The first kappa shape index (κ1) is 14.4. The summed E-state index contributed by atoms with van der Waals surface area (Å²) in [5.41, 5.74) is 10.1. The third kappa shape index (κ3) is 3.48. The Balaban J connectivity index is 2.13. The maximum atomic E-state index is 6.40. The van der Waals surface area contributed by atoms with E-state index in [1.54, 1.807) is 7.11 Å². The Morgan fingerprint density at radius 1 is 1.16 bits per heavy atom. The number of benzene rings is 1. The molecule has 0 amide bonds. The highest BCUT2D eigenvalue weighted by molar-refractivity contribution is 5.43. The molecule has 19 heavy (non-hydrogen) atoms. The van der Waals surface area contributed by atoms with Crippen molar-refractivity contribution in [2.45, 2.75) is 39.2 Å². The van der Waals surface area contributed by atoms with Gasteiger partial charge in [-0.2, -0.15) is 0 Å². The van der Waals surface area contributed by atoms with Gasteiger partial charge in [0.2, 0.25) is 0 Å². The Morgan fingerprint density at radius 3 is 2.42 bits per heavy atom. The molecule has 1 fully saturated rings. The van der Waals surface area contributed by atoms with Gasteiger partial charge in [0.25, 0.3) is 0 Å². The second kappa shape index (κ2) is 6.40. The van der Waals surface area contributed by atoms with Crippen LogP contribution < -0.4 is 10.5 Å². The first-order valence-corrected chi connectivity index (χ1v) is 7.25. The fourth-order valence-electron chi connectivity index (χ4n) is 2.80. The average Bonchev–Trinajstić information content (AvgIpc) is 2.42. The summed E-state index contributed by atoms with van der Waals surface area (Å²) < 4.78 is 5.49. The molecule has 0 saturated carbocycles. The molecule has 2 rings (SSSR count). The van der Waals surface area contributed by atoms with Gasteiger partial charge >= 0.3 is 0 Å². The lowest BCUT2D eigenvalue weighted by atomic mass is 9.99. The molecule has 0 bridgehead atoms. The van der Waals surface area contributed by atoms with Crippen LogP contribution in [0.15, 0.2) is 12.1 Å².